The summed E-state index contributed by atoms with van der Waals surface area (Å²) in [5, 5.41) is 8.41. The molecule has 7 heteroatoms. The van der Waals surface area contributed by atoms with Crippen molar-refractivity contribution >= 4 is 23.0 Å². The van der Waals surface area contributed by atoms with Crippen LogP contribution in [0.5, 0.6) is 0 Å². The van der Waals surface area contributed by atoms with Crippen LogP contribution in [-0.4, -0.2) is 16.5 Å². The first-order chi connectivity index (χ1) is 9.61. The highest BCUT2D eigenvalue weighted by Crippen LogP contribution is 2.24. The summed E-state index contributed by atoms with van der Waals surface area (Å²) in [5.74, 6) is -1.33. The molecule has 1 unspecified atom stereocenters. The van der Waals surface area contributed by atoms with Crippen molar-refractivity contribution in [2.45, 2.75) is 26.3 Å². The molecule has 0 saturated heterocycles. The highest BCUT2D eigenvalue weighted by atomic mass is 32.1. The molecule has 0 aliphatic carbocycles. The Bertz CT molecular complexity index is 560. The van der Waals surface area contributed by atoms with E-state index in [2.05, 4.69) is 20.6 Å². The molecule has 2 N–H and O–H groups in total. The Morgan fingerprint density at radius 2 is 2.05 bits per heavy atom. The third-order valence-corrected chi connectivity index (χ3v) is 3.61. The number of aromatic nitrogens is 2. The highest BCUT2D eigenvalue weighted by Gasteiger charge is 2.15. The van der Waals surface area contributed by atoms with E-state index in [1.807, 2.05) is 19.2 Å². The van der Waals surface area contributed by atoms with E-state index in [1.54, 1.807) is 6.20 Å². The fourth-order valence-corrected chi connectivity index (χ4v) is 2.30. The normalized spacial score (nSPS) is 12.2. The Labute approximate surface area is 120 Å². The van der Waals surface area contributed by atoms with Crippen molar-refractivity contribution in [3.63, 3.8) is 0 Å². The van der Waals surface area contributed by atoms with Gasteiger partial charge in [0.05, 0.1) is 6.04 Å². The highest BCUT2D eigenvalue weighted by molar-refractivity contribution is 7.09. The maximum absolute atomic E-state index is 13.7. The largest absolute Gasteiger partial charge is 0.368 e. The molecule has 0 aliphatic heterocycles. The SMILES string of the molecule is CCCNc1nc(NC(C)c2nccs2)c(F)cc1F. The van der Waals surface area contributed by atoms with Gasteiger partial charge in [0.15, 0.2) is 23.3 Å². The van der Waals surface area contributed by atoms with Crippen LogP contribution in [0, 0.1) is 11.6 Å². The minimum absolute atomic E-state index is 0.0210. The fraction of sp³-hybridized carbons (Fsp3) is 0.385. The Hall–Kier alpha value is -1.76. The average Bonchev–Trinajstić information content (AvgIpc) is 2.94. The molecule has 2 heterocycles. The van der Waals surface area contributed by atoms with E-state index in [-0.39, 0.29) is 17.7 Å². The van der Waals surface area contributed by atoms with Crippen molar-refractivity contribution in [2.75, 3.05) is 17.2 Å². The second-order valence-corrected chi connectivity index (χ2v) is 5.24. The number of nitrogens with zero attached hydrogens (tertiary/aromatic N) is 2. The predicted molar refractivity (Wildman–Crippen MR) is 77.1 cm³/mol. The molecule has 0 saturated carbocycles. The maximum atomic E-state index is 13.7. The lowest BCUT2D eigenvalue weighted by Gasteiger charge is -2.14. The number of pyridine rings is 1. The number of hydrogen-bond acceptors (Lipinski definition) is 5. The van der Waals surface area contributed by atoms with Gasteiger partial charge < -0.3 is 10.6 Å². The van der Waals surface area contributed by atoms with Crippen LogP contribution >= 0.6 is 11.3 Å². The third-order valence-electron chi connectivity index (χ3n) is 2.65. The van der Waals surface area contributed by atoms with Crippen LogP contribution in [0.3, 0.4) is 0 Å². The summed E-state index contributed by atoms with van der Waals surface area (Å²) in [6.07, 6.45) is 2.51. The molecule has 0 fully saturated rings. The molecule has 0 amide bonds. The number of anilines is 2. The van der Waals surface area contributed by atoms with Gasteiger partial charge in [0, 0.05) is 24.2 Å². The molecule has 2 aromatic rings. The van der Waals surface area contributed by atoms with E-state index in [0.717, 1.165) is 17.5 Å². The quantitative estimate of drug-likeness (QED) is 0.851. The van der Waals surface area contributed by atoms with Crippen molar-refractivity contribution < 1.29 is 8.78 Å². The lowest BCUT2D eigenvalue weighted by molar-refractivity contribution is 0.576. The summed E-state index contributed by atoms with van der Waals surface area (Å²) in [7, 11) is 0. The number of halogens is 2. The van der Waals surface area contributed by atoms with Crippen LogP contribution in [0.1, 0.15) is 31.3 Å². The third kappa shape index (κ3) is 3.41. The van der Waals surface area contributed by atoms with Gasteiger partial charge in [0.1, 0.15) is 5.01 Å². The Morgan fingerprint density at radius 3 is 2.70 bits per heavy atom. The summed E-state index contributed by atoms with van der Waals surface area (Å²) in [5.41, 5.74) is 0. The molecule has 0 radical (unpaired) electrons. The van der Waals surface area contributed by atoms with Crippen LogP contribution < -0.4 is 10.6 Å². The minimum Gasteiger partial charge on any atom is -0.368 e. The van der Waals surface area contributed by atoms with Crippen molar-refractivity contribution in [2.24, 2.45) is 0 Å². The molecule has 0 aromatic carbocycles. The van der Waals surface area contributed by atoms with Crippen molar-refractivity contribution in [1.29, 1.82) is 0 Å². The molecule has 2 rings (SSSR count). The summed E-state index contributed by atoms with van der Waals surface area (Å²) in [6.45, 7) is 4.39. The molecule has 20 heavy (non-hydrogen) atoms. The maximum Gasteiger partial charge on any atom is 0.168 e. The number of rotatable bonds is 6. The topological polar surface area (TPSA) is 49.8 Å². The minimum atomic E-state index is -0.715. The first kappa shape index (κ1) is 14.6. The molecule has 0 bridgehead atoms. The molecule has 0 spiro atoms. The summed E-state index contributed by atoms with van der Waals surface area (Å²) < 4.78 is 27.3. The van der Waals surface area contributed by atoms with Gasteiger partial charge >= 0.3 is 0 Å². The molecule has 4 nitrogen and oxygen atoms in total. The zero-order valence-corrected chi connectivity index (χ0v) is 12.1. The van der Waals surface area contributed by atoms with Crippen LogP contribution in [0.15, 0.2) is 17.6 Å². The van der Waals surface area contributed by atoms with Gasteiger partial charge in [-0.1, -0.05) is 6.92 Å². The van der Waals surface area contributed by atoms with Crippen LogP contribution in [0.25, 0.3) is 0 Å². The Morgan fingerprint density at radius 1 is 1.30 bits per heavy atom. The standard InChI is InChI=1S/C13H16F2N4S/c1-3-4-16-11-9(14)7-10(15)12(19-11)18-8(2)13-17-5-6-20-13/h5-8H,3-4H2,1-2H3,(H2,16,18,19). The lowest BCUT2D eigenvalue weighted by atomic mass is 10.3. The van der Waals surface area contributed by atoms with Gasteiger partial charge in [0.2, 0.25) is 0 Å². The molecular formula is C13H16F2N4S. The van der Waals surface area contributed by atoms with Crippen LogP contribution in [0.4, 0.5) is 20.4 Å². The van der Waals surface area contributed by atoms with Crippen molar-refractivity contribution in [1.82, 2.24) is 9.97 Å². The summed E-state index contributed by atoms with van der Waals surface area (Å²) >= 11 is 1.46. The Balaban J connectivity index is 2.18. The smallest absolute Gasteiger partial charge is 0.168 e. The molecular weight excluding hydrogens is 282 g/mol. The second kappa shape index (κ2) is 6.60. The first-order valence-corrected chi connectivity index (χ1v) is 7.25. The molecule has 0 aliphatic rings. The second-order valence-electron chi connectivity index (χ2n) is 4.31. The van der Waals surface area contributed by atoms with Gasteiger partial charge in [0.25, 0.3) is 0 Å². The molecule has 108 valence electrons. The van der Waals surface area contributed by atoms with Crippen LogP contribution in [-0.2, 0) is 0 Å². The summed E-state index contributed by atoms with van der Waals surface area (Å²) in [6, 6.07) is 0.642. The number of thiazole rings is 1. The average molecular weight is 298 g/mol. The van der Waals surface area contributed by atoms with Gasteiger partial charge in [-0.25, -0.2) is 18.7 Å². The van der Waals surface area contributed by atoms with E-state index in [9.17, 15) is 8.78 Å². The van der Waals surface area contributed by atoms with Crippen molar-refractivity contribution in [3.8, 4) is 0 Å². The van der Waals surface area contributed by atoms with Gasteiger partial charge in [-0.15, -0.1) is 11.3 Å². The van der Waals surface area contributed by atoms with E-state index >= 15 is 0 Å². The van der Waals surface area contributed by atoms with Gasteiger partial charge in [-0.05, 0) is 13.3 Å². The van der Waals surface area contributed by atoms with E-state index in [0.29, 0.717) is 6.54 Å². The van der Waals surface area contributed by atoms with E-state index in [4.69, 9.17) is 0 Å². The molecule has 1 atom stereocenters. The summed E-state index contributed by atoms with van der Waals surface area (Å²) in [4.78, 5) is 8.11. The van der Waals surface area contributed by atoms with Gasteiger partial charge in [-0.3, -0.25) is 0 Å². The van der Waals surface area contributed by atoms with Gasteiger partial charge in [-0.2, -0.15) is 0 Å². The number of nitrogens with one attached hydrogen (secondary N) is 2. The number of hydrogen-bond donors (Lipinski definition) is 2. The molecule has 2 aromatic heterocycles. The fourth-order valence-electron chi connectivity index (χ4n) is 1.65. The first-order valence-electron chi connectivity index (χ1n) is 6.37. The Kier molecular flexibility index (Phi) is 4.84. The lowest BCUT2D eigenvalue weighted by Crippen LogP contribution is -2.12. The van der Waals surface area contributed by atoms with Crippen LogP contribution in [0.2, 0.25) is 0 Å². The zero-order chi connectivity index (χ0) is 14.5. The van der Waals surface area contributed by atoms with E-state index in [1.165, 1.54) is 11.3 Å². The monoisotopic (exact) mass is 298 g/mol. The van der Waals surface area contributed by atoms with E-state index < -0.39 is 11.6 Å². The van der Waals surface area contributed by atoms with Crippen molar-refractivity contribution in [3.05, 3.63) is 34.3 Å². The predicted octanol–water partition coefficient (Wildman–Crippen LogP) is 3.81. The zero-order valence-electron chi connectivity index (χ0n) is 11.3.